The van der Waals surface area contributed by atoms with Gasteiger partial charge < -0.3 is 4.74 Å². The minimum atomic E-state index is -0.422. The van der Waals surface area contributed by atoms with Crippen molar-refractivity contribution in [3.63, 3.8) is 0 Å². The molecule has 0 saturated heterocycles. The highest BCUT2D eigenvalue weighted by Gasteiger charge is 2.18. The molecule has 6 heteroatoms. The molecule has 0 radical (unpaired) electrons. The van der Waals surface area contributed by atoms with Gasteiger partial charge in [0.15, 0.2) is 0 Å². The van der Waals surface area contributed by atoms with E-state index in [1.807, 2.05) is 0 Å². The number of methoxy groups -OCH3 is 1. The fourth-order valence-electron chi connectivity index (χ4n) is 1.39. The third-order valence-corrected chi connectivity index (χ3v) is 3.92. The summed E-state index contributed by atoms with van der Waals surface area (Å²) in [5, 5.41) is 1.16. The molecule has 0 saturated carbocycles. The first-order valence-corrected chi connectivity index (χ1v) is 6.60. The molecule has 3 nitrogen and oxygen atoms in total. The van der Waals surface area contributed by atoms with Gasteiger partial charge in [0, 0.05) is 5.56 Å². The molecule has 0 spiro atoms. The fraction of sp³-hybridized carbons (Fsp3) is 0.0909. The van der Waals surface area contributed by atoms with E-state index in [-0.39, 0.29) is 0 Å². The number of thiazole rings is 1. The van der Waals surface area contributed by atoms with Crippen molar-refractivity contribution in [2.24, 2.45) is 0 Å². The van der Waals surface area contributed by atoms with Gasteiger partial charge in [-0.25, -0.2) is 9.78 Å². The second-order valence-corrected chi connectivity index (χ2v) is 5.94. The highest BCUT2D eigenvalue weighted by atomic mass is 79.9. The summed E-state index contributed by atoms with van der Waals surface area (Å²) in [5.74, 6) is -0.422. The van der Waals surface area contributed by atoms with E-state index >= 15 is 0 Å². The Morgan fingerprint density at radius 3 is 2.88 bits per heavy atom. The van der Waals surface area contributed by atoms with E-state index < -0.39 is 5.97 Å². The van der Waals surface area contributed by atoms with Crippen LogP contribution in [0.15, 0.2) is 28.2 Å². The molecule has 0 atom stereocenters. The summed E-state index contributed by atoms with van der Waals surface area (Å²) in [6.07, 6.45) is 1.67. The number of nitrogens with zero attached hydrogens (tertiary/aromatic N) is 1. The summed E-state index contributed by atoms with van der Waals surface area (Å²) in [7, 11) is 1.34. The van der Waals surface area contributed by atoms with Gasteiger partial charge in [0.2, 0.25) is 0 Å². The van der Waals surface area contributed by atoms with E-state index in [2.05, 4.69) is 20.9 Å². The lowest BCUT2D eigenvalue weighted by Crippen LogP contribution is -2.03. The van der Waals surface area contributed by atoms with Gasteiger partial charge in [-0.15, -0.1) is 11.3 Å². The molecule has 17 heavy (non-hydrogen) atoms. The largest absolute Gasteiger partial charge is 0.465 e. The minimum Gasteiger partial charge on any atom is -0.465 e. The Kier molecular flexibility index (Phi) is 3.81. The lowest BCUT2D eigenvalue weighted by Gasteiger charge is -2.06. The van der Waals surface area contributed by atoms with Crippen molar-refractivity contribution in [3.05, 3.63) is 38.8 Å². The van der Waals surface area contributed by atoms with Crippen LogP contribution in [0.25, 0.3) is 10.6 Å². The number of ether oxygens (including phenoxy) is 1. The molecule has 0 fully saturated rings. The van der Waals surface area contributed by atoms with Crippen molar-refractivity contribution in [2.75, 3.05) is 7.11 Å². The van der Waals surface area contributed by atoms with E-state index in [1.165, 1.54) is 18.4 Å². The first-order valence-electron chi connectivity index (χ1n) is 4.62. The Labute approximate surface area is 116 Å². The number of aromatic nitrogens is 1. The number of benzene rings is 1. The third-order valence-electron chi connectivity index (χ3n) is 2.11. The number of hydrogen-bond donors (Lipinski definition) is 0. The third kappa shape index (κ3) is 2.51. The molecule has 0 aliphatic carbocycles. The molecule has 0 N–H and O–H groups in total. The zero-order valence-electron chi connectivity index (χ0n) is 8.74. The first kappa shape index (κ1) is 12.5. The van der Waals surface area contributed by atoms with Crippen molar-refractivity contribution >= 4 is 44.8 Å². The maximum Gasteiger partial charge on any atom is 0.338 e. The van der Waals surface area contributed by atoms with Crippen molar-refractivity contribution in [3.8, 4) is 10.6 Å². The highest BCUT2D eigenvalue weighted by molar-refractivity contribution is 9.11. The number of carbonyl (C=O) groups is 1. The van der Waals surface area contributed by atoms with E-state index in [1.54, 1.807) is 24.4 Å². The van der Waals surface area contributed by atoms with Gasteiger partial charge in [0.25, 0.3) is 0 Å². The normalized spacial score (nSPS) is 10.3. The smallest absolute Gasteiger partial charge is 0.338 e. The molecule has 0 unspecified atom stereocenters. The summed E-state index contributed by atoms with van der Waals surface area (Å²) < 4.78 is 5.61. The van der Waals surface area contributed by atoms with Crippen LogP contribution in [0.2, 0.25) is 5.02 Å². The van der Waals surface area contributed by atoms with Crippen molar-refractivity contribution in [1.82, 2.24) is 4.98 Å². The van der Waals surface area contributed by atoms with Crippen LogP contribution in [0.3, 0.4) is 0 Å². The highest BCUT2D eigenvalue weighted by Crippen LogP contribution is 2.35. The first-order chi connectivity index (χ1) is 8.13. The van der Waals surface area contributed by atoms with E-state index in [4.69, 9.17) is 16.3 Å². The Bertz CT molecular complexity index is 570. The van der Waals surface area contributed by atoms with Crippen LogP contribution < -0.4 is 0 Å². The van der Waals surface area contributed by atoms with Gasteiger partial charge in [-0.3, -0.25) is 0 Å². The van der Waals surface area contributed by atoms with E-state index in [0.29, 0.717) is 21.2 Å². The van der Waals surface area contributed by atoms with Crippen LogP contribution >= 0.6 is 38.9 Å². The molecule has 1 aromatic heterocycles. The fourth-order valence-corrected chi connectivity index (χ4v) is 2.99. The predicted molar refractivity (Wildman–Crippen MR) is 71.6 cm³/mol. The number of rotatable bonds is 2. The summed E-state index contributed by atoms with van der Waals surface area (Å²) in [6, 6.07) is 5.10. The van der Waals surface area contributed by atoms with Crippen LogP contribution in [0.4, 0.5) is 0 Å². The second-order valence-electron chi connectivity index (χ2n) is 3.12. The maximum atomic E-state index is 11.7. The average molecular weight is 333 g/mol. The van der Waals surface area contributed by atoms with Crippen molar-refractivity contribution in [2.45, 2.75) is 0 Å². The average Bonchev–Trinajstić information content (AvgIpc) is 2.74. The zero-order chi connectivity index (χ0) is 12.4. The standard InChI is InChI=1S/C11H7BrClNO2S/c1-16-11(15)6-3-2-4-7(13)9(6)10-14-5-8(12)17-10/h2-5H,1H3. The maximum absolute atomic E-state index is 11.7. The summed E-state index contributed by atoms with van der Waals surface area (Å²) in [4.78, 5) is 15.9. The number of esters is 1. The van der Waals surface area contributed by atoms with Crippen LogP contribution in [-0.2, 0) is 4.74 Å². The molecule has 1 heterocycles. The van der Waals surface area contributed by atoms with Crippen LogP contribution in [0, 0.1) is 0 Å². The number of halogens is 2. The van der Waals surface area contributed by atoms with Gasteiger partial charge in [-0.05, 0) is 28.1 Å². The van der Waals surface area contributed by atoms with Crippen LogP contribution in [-0.4, -0.2) is 18.1 Å². The zero-order valence-corrected chi connectivity index (χ0v) is 11.9. The van der Waals surface area contributed by atoms with Crippen molar-refractivity contribution < 1.29 is 9.53 Å². The molecule has 0 bridgehead atoms. The molecule has 2 aromatic rings. The molecular formula is C11H7BrClNO2S. The predicted octanol–water partition coefficient (Wildman–Crippen LogP) is 4.01. The second kappa shape index (κ2) is 5.16. The Morgan fingerprint density at radius 1 is 1.53 bits per heavy atom. The summed E-state index contributed by atoms with van der Waals surface area (Å²) in [5.41, 5.74) is 1.03. The monoisotopic (exact) mass is 331 g/mol. The van der Waals surface area contributed by atoms with Crippen LogP contribution in [0.1, 0.15) is 10.4 Å². The van der Waals surface area contributed by atoms with Crippen molar-refractivity contribution in [1.29, 1.82) is 0 Å². The van der Waals surface area contributed by atoms with Gasteiger partial charge in [0.05, 0.1) is 27.7 Å². The van der Waals surface area contributed by atoms with Gasteiger partial charge in [0.1, 0.15) is 5.01 Å². The lowest BCUT2D eigenvalue weighted by molar-refractivity contribution is 0.0601. The molecule has 88 valence electrons. The Morgan fingerprint density at radius 2 is 2.29 bits per heavy atom. The van der Waals surface area contributed by atoms with E-state index in [0.717, 1.165) is 3.79 Å². The molecular weight excluding hydrogens is 326 g/mol. The quantitative estimate of drug-likeness (QED) is 0.780. The van der Waals surface area contributed by atoms with Crippen LogP contribution in [0.5, 0.6) is 0 Å². The Balaban J connectivity index is 2.63. The van der Waals surface area contributed by atoms with Gasteiger partial charge >= 0.3 is 5.97 Å². The van der Waals surface area contributed by atoms with Gasteiger partial charge in [-0.1, -0.05) is 17.7 Å². The molecule has 0 aliphatic rings. The molecule has 0 amide bonds. The van der Waals surface area contributed by atoms with Gasteiger partial charge in [-0.2, -0.15) is 0 Å². The molecule has 0 aliphatic heterocycles. The minimum absolute atomic E-state index is 0.418. The van der Waals surface area contributed by atoms with E-state index in [9.17, 15) is 4.79 Å². The number of hydrogen-bond acceptors (Lipinski definition) is 4. The Hall–Kier alpha value is -0.910. The number of carbonyl (C=O) groups excluding carboxylic acids is 1. The SMILES string of the molecule is COC(=O)c1cccc(Cl)c1-c1ncc(Br)s1. The topological polar surface area (TPSA) is 39.2 Å². The summed E-state index contributed by atoms with van der Waals surface area (Å²) >= 11 is 10.9. The molecule has 1 aromatic carbocycles. The lowest BCUT2D eigenvalue weighted by atomic mass is 10.1. The molecule has 2 rings (SSSR count). The summed E-state index contributed by atoms with van der Waals surface area (Å²) in [6.45, 7) is 0.